The van der Waals surface area contributed by atoms with Crippen molar-refractivity contribution in [1.82, 2.24) is 4.31 Å². The predicted molar refractivity (Wildman–Crippen MR) is 109 cm³/mol. The number of aryl methyl sites for hydroxylation is 1. The minimum absolute atomic E-state index is 0.0710. The van der Waals surface area contributed by atoms with Crippen molar-refractivity contribution in [2.75, 3.05) is 6.73 Å². The van der Waals surface area contributed by atoms with Crippen LogP contribution in [0.2, 0.25) is 0 Å². The molecule has 3 rings (SSSR count). The van der Waals surface area contributed by atoms with Gasteiger partial charge in [-0.05, 0) is 31.0 Å². The molecule has 0 amide bonds. The number of sulfonamides is 1. The van der Waals surface area contributed by atoms with Crippen LogP contribution in [0.5, 0.6) is 0 Å². The molecule has 0 spiro atoms. The normalized spacial score (nSPS) is 18.8. The van der Waals surface area contributed by atoms with Gasteiger partial charge >= 0.3 is 5.97 Å². The third kappa shape index (κ3) is 5.12. The summed E-state index contributed by atoms with van der Waals surface area (Å²) in [5.41, 5.74) is 1.93. The van der Waals surface area contributed by atoms with Crippen LogP contribution in [0, 0.1) is 6.92 Å². The number of cyclic esters (lactones) is 1. The molecule has 6 nitrogen and oxygen atoms in total. The molecule has 1 saturated heterocycles. The number of carbonyl (C=O) groups excluding carboxylic acids is 1. The minimum atomic E-state index is -3.86. The first-order valence-corrected chi connectivity index (χ1v) is 10.9. The summed E-state index contributed by atoms with van der Waals surface area (Å²) in [4.78, 5) is 12.1. The molecule has 2 atom stereocenters. The molecule has 0 aromatic heterocycles. The van der Waals surface area contributed by atoms with Crippen molar-refractivity contribution in [2.45, 2.75) is 43.4 Å². The van der Waals surface area contributed by atoms with E-state index in [4.69, 9.17) is 9.47 Å². The minimum Gasteiger partial charge on any atom is -0.448 e. The number of hydrogen-bond acceptors (Lipinski definition) is 5. The summed E-state index contributed by atoms with van der Waals surface area (Å²) >= 11 is 0. The van der Waals surface area contributed by atoms with Crippen molar-refractivity contribution in [3.63, 3.8) is 0 Å². The molecule has 1 fully saturated rings. The fourth-order valence-electron chi connectivity index (χ4n) is 3.25. The van der Waals surface area contributed by atoms with Gasteiger partial charge in [-0.1, -0.05) is 54.1 Å². The topological polar surface area (TPSA) is 72.9 Å². The molecule has 0 unspecified atom stereocenters. The van der Waals surface area contributed by atoms with Gasteiger partial charge in [0.15, 0.2) is 6.73 Å². The summed E-state index contributed by atoms with van der Waals surface area (Å²) in [5.74, 6) is -0.442. The zero-order valence-corrected chi connectivity index (χ0v) is 17.2. The van der Waals surface area contributed by atoms with Crippen LogP contribution in [0.3, 0.4) is 0 Å². The number of hydrogen-bond donors (Lipinski definition) is 0. The van der Waals surface area contributed by atoms with Gasteiger partial charge in [0.1, 0.15) is 0 Å². The first kappa shape index (κ1) is 21.2. The van der Waals surface area contributed by atoms with Crippen LogP contribution < -0.4 is 0 Å². The van der Waals surface area contributed by atoms with Gasteiger partial charge in [0.05, 0.1) is 30.1 Å². The maximum atomic E-state index is 13.3. The zero-order chi connectivity index (χ0) is 20.9. The largest absolute Gasteiger partial charge is 0.448 e. The van der Waals surface area contributed by atoms with Gasteiger partial charge < -0.3 is 9.47 Å². The monoisotopic (exact) mass is 415 g/mol. The average Bonchev–Trinajstić information content (AvgIpc) is 2.72. The lowest BCUT2D eigenvalue weighted by molar-refractivity contribution is -0.159. The van der Waals surface area contributed by atoms with E-state index in [0.29, 0.717) is 13.0 Å². The molecule has 2 aromatic rings. The van der Waals surface area contributed by atoms with Crippen molar-refractivity contribution in [2.24, 2.45) is 0 Å². The third-order valence-electron chi connectivity index (χ3n) is 4.86. The first-order chi connectivity index (χ1) is 13.9. The van der Waals surface area contributed by atoms with E-state index >= 15 is 0 Å². The number of esters is 1. The van der Waals surface area contributed by atoms with Gasteiger partial charge in [-0.2, -0.15) is 4.31 Å². The summed E-state index contributed by atoms with van der Waals surface area (Å²) in [5, 5.41) is 0. The van der Waals surface area contributed by atoms with Crippen molar-refractivity contribution >= 4 is 16.0 Å². The van der Waals surface area contributed by atoms with Crippen molar-refractivity contribution < 1.29 is 22.7 Å². The lowest BCUT2D eigenvalue weighted by Crippen LogP contribution is -2.53. The van der Waals surface area contributed by atoms with Crippen molar-refractivity contribution in [3.8, 4) is 0 Å². The molecule has 7 heteroatoms. The molecule has 0 bridgehead atoms. The molecule has 2 aromatic carbocycles. The molecule has 29 heavy (non-hydrogen) atoms. The summed E-state index contributed by atoms with van der Waals surface area (Å²) in [7, 11) is -3.86. The Morgan fingerprint density at radius 3 is 2.55 bits per heavy atom. The first-order valence-electron chi connectivity index (χ1n) is 9.42. The molecular weight excluding hydrogens is 390 g/mol. The second-order valence-corrected chi connectivity index (χ2v) is 8.87. The van der Waals surface area contributed by atoms with E-state index < -0.39 is 28.1 Å². The van der Waals surface area contributed by atoms with E-state index in [1.807, 2.05) is 37.3 Å². The Labute approximate surface area is 171 Å². The standard InChI is InChI=1S/C22H25NO5S/c1-3-7-21(27-15-18-8-5-4-6-9-18)20-14-22(24)28-16-23(20)29(25,26)19-12-10-17(2)11-13-19/h3-6,8-13,20-21H,1,7,14-16H2,2H3/t20-,21-/m0/s1. The fraction of sp³-hybridized carbons (Fsp3) is 0.318. The van der Waals surface area contributed by atoms with Gasteiger partial charge in [0.2, 0.25) is 10.0 Å². The highest BCUT2D eigenvalue weighted by molar-refractivity contribution is 7.89. The van der Waals surface area contributed by atoms with E-state index in [2.05, 4.69) is 6.58 Å². The average molecular weight is 416 g/mol. The van der Waals surface area contributed by atoms with E-state index in [-0.39, 0.29) is 18.0 Å². The highest BCUT2D eigenvalue weighted by atomic mass is 32.2. The Bertz CT molecular complexity index is 941. The van der Waals surface area contributed by atoms with Crippen molar-refractivity contribution in [1.29, 1.82) is 0 Å². The summed E-state index contributed by atoms with van der Waals surface area (Å²) in [6, 6.07) is 15.5. The summed E-state index contributed by atoms with van der Waals surface area (Å²) < 4.78 is 38.8. The number of rotatable bonds is 8. The fourth-order valence-corrected chi connectivity index (χ4v) is 4.76. The molecule has 0 saturated carbocycles. The van der Waals surface area contributed by atoms with E-state index in [0.717, 1.165) is 11.1 Å². The van der Waals surface area contributed by atoms with Crippen LogP contribution in [-0.4, -0.2) is 37.6 Å². The van der Waals surface area contributed by atoms with Crippen molar-refractivity contribution in [3.05, 3.63) is 78.4 Å². The summed E-state index contributed by atoms with van der Waals surface area (Å²) in [6.45, 7) is 5.63. The predicted octanol–water partition coefficient (Wildman–Crippen LogP) is 3.42. The molecule has 0 N–H and O–H groups in total. The van der Waals surface area contributed by atoms with E-state index in [1.54, 1.807) is 30.3 Å². The maximum Gasteiger partial charge on any atom is 0.308 e. The van der Waals surface area contributed by atoms with Crippen LogP contribution in [0.25, 0.3) is 0 Å². The third-order valence-corrected chi connectivity index (χ3v) is 6.72. The van der Waals surface area contributed by atoms with E-state index in [1.165, 1.54) is 4.31 Å². The highest BCUT2D eigenvalue weighted by Gasteiger charge is 2.41. The lowest BCUT2D eigenvalue weighted by atomic mass is 10.0. The molecular formula is C22H25NO5S. The Kier molecular flexibility index (Phi) is 6.84. The van der Waals surface area contributed by atoms with Crippen LogP contribution in [0.4, 0.5) is 0 Å². The molecule has 1 aliphatic heterocycles. The molecule has 154 valence electrons. The second kappa shape index (κ2) is 9.35. The smallest absolute Gasteiger partial charge is 0.308 e. The highest BCUT2D eigenvalue weighted by Crippen LogP contribution is 2.28. The maximum absolute atomic E-state index is 13.3. The van der Waals surface area contributed by atoms with Crippen LogP contribution >= 0.6 is 0 Å². The number of carbonyl (C=O) groups is 1. The Hall–Kier alpha value is -2.48. The van der Waals surface area contributed by atoms with Crippen LogP contribution in [0.15, 0.2) is 72.1 Å². The van der Waals surface area contributed by atoms with Gasteiger partial charge in [-0.15, -0.1) is 6.58 Å². The Morgan fingerprint density at radius 2 is 1.90 bits per heavy atom. The summed E-state index contributed by atoms with van der Waals surface area (Å²) in [6.07, 6.45) is 1.48. The molecule has 0 radical (unpaired) electrons. The van der Waals surface area contributed by atoms with Gasteiger partial charge in [-0.3, -0.25) is 4.79 Å². The lowest BCUT2D eigenvalue weighted by Gasteiger charge is -2.37. The zero-order valence-electron chi connectivity index (χ0n) is 16.4. The van der Waals surface area contributed by atoms with Gasteiger partial charge in [0.25, 0.3) is 0 Å². The second-order valence-electron chi connectivity index (χ2n) is 6.98. The van der Waals surface area contributed by atoms with Crippen LogP contribution in [0.1, 0.15) is 24.0 Å². The van der Waals surface area contributed by atoms with Gasteiger partial charge in [-0.25, -0.2) is 8.42 Å². The Morgan fingerprint density at radius 1 is 1.21 bits per heavy atom. The number of nitrogens with zero attached hydrogens (tertiary/aromatic N) is 1. The molecule has 1 heterocycles. The quantitative estimate of drug-likeness (QED) is 0.488. The van der Waals surface area contributed by atoms with Crippen LogP contribution in [-0.2, 0) is 30.9 Å². The van der Waals surface area contributed by atoms with E-state index in [9.17, 15) is 13.2 Å². The SMILES string of the molecule is C=CC[C@H](OCc1ccccc1)[C@@H]1CC(=O)OCN1S(=O)(=O)c1ccc(C)cc1. The molecule has 0 aliphatic carbocycles. The number of benzene rings is 2. The Balaban J connectivity index is 1.87. The van der Waals surface area contributed by atoms with Gasteiger partial charge in [0, 0.05) is 0 Å². The molecule has 1 aliphatic rings. The number of ether oxygens (including phenoxy) is 2.